The smallest absolute Gasteiger partial charge is 0.372 e. The van der Waals surface area contributed by atoms with Crippen molar-refractivity contribution in [2.75, 3.05) is 6.61 Å². The zero-order valence-electron chi connectivity index (χ0n) is 16.2. The molecule has 25 heavy (non-hydrogen) atoms. The molecule has 0 saturated carbocycles. The number of aromatic nitrogens is 1. The highest BCUT2D eigenvalue weighted by atomic mass is 32.1. The maximum absolute atomic E-state index is 11.6. The topological polar surface area (TPSA) is 30.2 Å². The zero-order chi connectivity index (χ0) is 18.0. The molecule has 0 unspecified atom stereocenters. The quantitative estimate of drug-likeness (QED) is 0.190. The number of esters is 1. The normalized spacial score (nSPS) is 10.9. The van der Waals surface area contributed by atoms with E-state index >= 15 is 0 Å². The van der Waals surface area contributed by atoms with Gasteiger partial charge in [-0.25, -0.2) is 4.79 Å². The molecule has 1 aromatic rings. The Labute approximate surface area is 158 Å². The average molecular weight is 369 g/mol. The standard InChI is InChI=1S/C21H38NO2S/c1-2-3-4-5-6-7-8-9-10-11-12-13-14-15-17-24-21(23)19-22-16-18-25-20-22/h16,18,20H,2-15,17,19H2,1H3/q+1. The van der Waals surface area contributed by atoms with Gasteiger partial charge in [0.05, 0.1) is 12.0 Å². The number of carbonyl (C=O) groups is 1. The zero-order valence-corrected chi connectivity index (χ0v) is 17.0. The summed E-state index contributed by atoms with van der Waals surface area (Å²) in [6.07, 6.45) is 20.7. The molecule has 0 aromatic carbocycles. The number of thiazole rings is 1. The van der Waals surface area contributed by atoms with Gasteiger partial charge in [0.25, 0.3) is 0 Å². The summed E-state index contributed by atoms with van der Waals surface area (Å²) in [5, 5.41) is 1.96. The van der Waals surface area contributed by atoms with Gasteiger partial charge in [0.15, 0.2) is 6.20 Å². The number of ether oxygens (including phenoxy) is 1. The molecule has 0 atom stereocenters. The van der Waals surface area contributed by atoms with Gasteiger partial charge in [-0.05, 0) is 6.42 Å². The molecule has 0 aliphatic heterocycles. The van der Waals surface area contributed by atoms with Crippen molar-refractivity contribution in [3.63, 3.8) is 0 Å². The Morgan fingerprint density at radius 1 is 0.840 bits per heavy atom. The third-order valence-corrected chi connectivity index (χ3v) is 5.27. The van der Waals surface area contributed by atoms with Gasteiger partial charge < -0.3 is 4.74 Å². The van der Waals surface area contributed by atoms with E-state index in [0.717, 1.165) is 6.42 Å². The lowest BCUT2D eigenvalue weighted by Crippen LogP contribution is -2.35. The average Bonchev–Trinajstić information content (AvgIpc) is 3.11. The molecule has 0 aliphatic carbocycles. The van der Waals surface area contributed by atoms with E-state index in [1.165, 1.54) is 83.5 Å². The molecule has 0 amide bonds. The van der Waals surface area contributed by atoms with Crippen LogP contribution in [0, 0.1) is 0 Å². The Balaban J connectivity index is 1.74. The largest absolute Gasteiger partial charge is 0.461 e. The third kappa shape index (κ3) is 14.0. The Hall–Kier alpha value is -0.900. The highest BCUT2D eigenvalue weighted by Crippen LogP contribution is 2.12. The number of rotatable bonds is 17. The summed E-state index contributed by atoms with van der Waals surface area (Å²) in [6, 6.07) is 0. The molecule has 1 heterocycles. The van der Waals surface area contributed by atoms with E-state index in [1.54, 1.807) is 11.3 Å². The number of hydrogen-bond acceptors (Lipinski definition) is 3. The maximum atomic E-state index is 11.6. The van der Waals surface area contributed by atoms with E-state index in [9.17, 15) is 4.79 Å². The van der Waals surface area contributed by atoms with Crippen molar-refractivity contribution >= 4 is 17.3 Å². The van der Waals surface area contributed by atoms with Gasteiger partial charge in [-0.2, -0.15) is 4.57 Å². The summed E-state index contributed by atoms with van der Waals surface area (Å²) in [5.74, 6) is -0.127. The molecular weight excluding hydrogens is 330 g/mol. The molecule has 0 fully saturated rings. The van der Waals surface area contributed by atoms with Crippen LogP contribution in [-0.4, -0.2) is 12.6 Å². The van der Waals surface area contributed by atoms with E-state index in [1.807, 2.05) is 21.7 Å². The fraction of sp³-hybridized carbons (Fsp3) is 0.810. The summed E-state index contributed by atoms with van der Waals surface area (Å²) in [4.78, 5) is 11.6. The minimum atomic E-state index is -0.127. The molecule has 0 bridgehead atoms. The Morgan fingerprint density at radius 2 is 1.36 bits per heavy atom. The van der Waals surface area contributed by atoms with Crippen LogP contribution < -0.4 is 4.57 Å². The number of hydrogen-bond donors (Lipinski definition) is 0. The van der Waals surface area contributed by atoms with Crippen molar-refractivity contribution in [1.82, 2.24) is 0 Å². The van der Waals surface area contributed by atoms with Gasteiger partial charge in [-0.15, -0.1) is 0 Å². The molecule has 4 heteroatoms. The van der Waals surface area contributed by atoms with E-state index in [-0.39, 0.29) is 5.97 Å². The van der Waals surface area contributed by atoms with Crippen LogP contribution >= 0.6 is 11.3 Å². The van der Waals surface area contributed by atoms with Gasteiger partial charge in [0, 0.05) is 0 Å². The molecule has 0 radical (unpaired) electrons. The van der Waals surface area contributed by atoms with Crippen molar-refractivity contribution in [3.8, 4) is 0 Å². The van der Waals surface area contributed by atoms with Crippen molar-refractivity contribution in [3.05, 3.63) is 17.1 Å². The fourth-order valence-corrected chi connectivity index (χ4v) is 3.63. The van der Waals surface area contributed by atoms with Gasteiger partial charge in [0.2, 0.25) is 12.1 Å². The van der Waals surface area contributed by atoms with Crippen molar-refractivity contribution in [2.45, 2.75) is 103 Å². The van der Waals surface area contributed by atoms with E-state index in [0.29, 0.717) is 13.2 Å². The lowest BCUT2D eigenvalue weighted by Gasteiger charge is -2.04. The second kappa shape index (κ2) is 16.6. The summed E-state index contributed by atoms with van der Waals surface area (Å²) >= 11 is 1.59. The first-order valence-electron chi connectivity index (χ1n) is 10.4. The minimum Gasteiger partial charge on any atom is -0.461 e. The van der Waals surface area contributed by atoms with Crippen LogP contribution in [0.15, 0.2) is 17.1 Å². The van der Waals surface area contributed by atoms with Crippen molar-refractivity contribution in [1.29, 1.82) is 0 Å². The second-order valence-electron chi connectivity index (χ2n) is 7.02. The molecule has 1 rings (SSSR count). The lowest BCUT2D eigenvalue weighted by atomic mass is 10.0. The van der Waals surface area contributed by atoms with E-state index in [2.05, 4.69) is 6.92 Å². The molecule has 144 valence electrons. The molecular formula is C21H38NO2S+. The summed E-state index contributed by atoms with van der Waals surface area (Å²) < 4.78 is 7.13. The number of nitrogens with zero attached hydrogens (tertiary/aromatic N) is 1. The van der Waals surface area contributed by atoms with Crippen LogP contribution in [0.5, 0.6) is 0 Å². The summed E-state index contributed by atoms with van der Waals surface area (Å²) in [7, 11) is 0. The van der Waals surface area contributed by atoms with Crippen molar-refractivity contribution in [2.24, 2.45) is 0 Å². The van der Waals surface area contributed by atoms with Crippen LogP contribution in [0.3, 0.4) is 0 Å². The maximum Gasteiger partial charge on any atom is 0.372 e. The van der Waals surface area contributed by atoms with Crippen LogP contribution in [0.25, 0.3) is 0 Å². The summed E-state index contributed by atoms with van der Waals surface area (Å²) in [6.45, 7) is 3.18. The first-order valence-corrected chi connectivity index (χ1v) is 11.3. The molecule has 0 aliphatic rings. The van der Waals surface area contributed by atoms with Crippen LogP contribution in [-0.2, 0) is 16.1 Å². The highest BCUT2D eigenvalue weighted by molar-refractivity contribution is 7.07. The van der Waals surface area contributed by atoms with Gasteiger partial charge in [0.1, 0.15) is 0 Å². The Bertz CT molecular complexity index is 406. The summed E-state index contributed by atoms with van der Waals surface area (Å²) in [5.41, 5.74) is 1.92. The van der Waals surface area contributed by atoms with Crippen LogP contribution in [0.2, 0.25) is 0 Å². The van der Waals surface area contributed by atoms with Gasteiger partial charge in [-0.3, -0.25) is 0 Å². The van der Waals surface area contributed by atoms with Crippen LogP contribution in [0.1, 0.15) is 96.8 Å². The second-order valence-corrected chi connectivity index (χ2v) is 7.77. The molecule has 3 nitrogen and oxygen atoms in total. The monoisotopic (exact) mass is 368 g/mol. The number of carbonyl (C=O) groups excluding carboxylic acids is 1. The molecule has 1 aromatic heterocycles. The first kappa shape index (κ1) is 22.1. The van der Waals surface area contributed by atoms with E-state index in [4.69, 9.17) is 4.74 Å². The Kier molecular flexibility index (Phi) is 14.7. The molecule has 0 spiro atoms. The minimum absolute atomic E-state index is 0.127. The van der Waals surface area contributed by atoms with Crippen molar-refractivity contribution < 1.29 is 14.1 Å². The fourth-order valence-electron chi connectivity index (χ4n) is 3.03. The SMILES string of the molecule is CCCCCCCCCCCCCCCCOC(=O)C[n+]1ccsc1. The lowest BCUT2D eigenvalue weighted by molar-refractivity contribution is -0.681. The number of unbranched alkanes of at least 4 members (excludes halogenated alkanes) is 13. The van der Waals surface area contributed by atoms with Gasteiger partial charge >= 0.3 is 5.97 Å². The molecule has 0 N–H and O–H groups in total. The Morgan fingerprint density at radius 3 is 1.84 bits per heavy atom. The predicted molar refractivity (Wildman–Crippen MR) is 106 cm³/mol. The predicted octanol–water partition coefficient (Wildman–Crippen LogP) is 6.06. The molecule has 0 saturated heterocycles. The first-order chi connectivity index (χ1) is 12.3. The third-order valence-electron chi connectivity index (χ3n) is 4.60. The highest BCUT2D eigenvalue weighted by Gasteiger charge is 2.10. The van der Waals surface area contributed by atoms with Gasteiger partial charge in [-0.1, -0.05) is 102 Å². The van der Waals surface area contributed by atoms with Crippen LogP contribution in [0.4, 0.5) is 0 Å². The van der Waals surface area contributed by atoms with E-state index < -0.39 is 0 Å².